The van der Waals surface area contributed by atoms with E-state index in [1.165, 1.54) is 12.8 Å². The fourth-order valence-corrected chi connectivity index (χ4v) is 3.44. The molecular weight excluding hydrogens is 444 g/mol. The Kier molecular flexibility index (Phi) is 16.5. The van der Waals surface area contributed by atoms with E-state index >= 15 is 0 Å². The van der Waals surface area contributed by atoms with Gasteiger partial charge in [-0.3, -0.25) is 0 Å². The van der Waals surface area contributed by atoms with Crippen LogP contribution in [0, 0.1) is 29.1 Å². The minimum atomic E-state index is -0.490. The van der Waals surface area contributed by atoms with Crippen molar-refractivity contribution in [3.8, 4) is 0 Å². The lowest BCUT2D eigenvalue weighted by Gasteiger charge is -2.37. The highest BCUT2D eigenvalue weighted by Crippen LogP contribution is 2.35. The largest absolute Gasteiger partial charge is 0.462 e. The molecule has 0 aromatic heterocycles. The Hall–Kier alpha value is -1.92. The van der Waals surface area contributed by atoms with Gasteiger partial charge in [0.15, 0.2) is 0 Å². The van der Waals surface area contributed by atoms with Crippen LogP contribution < -0.4 is 0 Å². The Morgan fingerprint density at radius 3 is 1.40 bits per heavy atom. The number of esters is 2. The van der Waals surface area contributed by atoms with Crippen molar-refractivity contribution in [2.24, 2.45) is 29.1 Å². The van der Waals surface area contributed by atoms with E-state index in [4.69, 9.17) is 18.9 Å². The van der Waals surface area contributed by atoms with Gasteiger partial charge in [0, 0.05) is 19.6 Å². The minimum Gasteiger partial charge on any atom is -0.462 e. The lowest BCUT2D eigenvalue weighted by molar-refractivity contribution is -0.0290. The van der Waals surface area contributed by atoms with Gasteiger partial charge in [-0.1, -0.05) is 73.9 Å². The maximum atomic E-state index is 12.0. The smallest absolute Gasteiger partial charge is 0.339 e. The summed E-state index contributed by atoms with van der Waals surface area (Å²) in [6.07, 6.45) is 2.43. The topological polar surface area (TPSA) is 71.1 Å². The summed E-state index contributed by atoms with van der Waals surface area (Å²) in [7, 11) is 3.56. The highest BCUT2D eigenvalue weighted by Gasteiger charge is 2.33. The molecule has 1 rings (SSSR count). The maximum absolute atomic E-state index is 12.0. The second-order valence-electron chi connectivity index (χ2n) is 10.8. The van der Waals surface area contributed by atoms with Gasteiger partial charge >= 0.3 is 11.9 Å². The third kappa shape index (κ3) is 13.1. The third-order valence-corrected chi connectivity index (χ3v) is 5.77. The van der Waals surface area contributed by atoms with Gasteiger partial charge in [-0.25, -0.2) is 9.59 Å². The van der Waals surface area contributed by atoms with Gasteiger partial charge in [-0.05, 0) is 42.2 Å². The lowest BCUT2D eigenvalue weighted by Crippen LogP contribution is -2.37. The summed E-state index contributed by atoms with van der Waals surface area (Å²) in [4.78, 5) is 24.0. The van der Waals surface area contributed by atoms with E-state index in [2.05, 4.69) is 27.7 Å². The molecule has 0 saturated heterocycles. The summed E-state index contributed by atoms with van der Waals surface area (Å²) >= 11 is 0. The summed E-state index contributed by atoms with van der Waals surface area (Å²) in [5, 5.41) is 0. The minimum absolute atomic E-state index is 0.188. The number of hydrogen-bond donors (Lipinski definition) is 0. The van der Waals surface area contributed by atoms with Gasteiger partial charge in [0.05, 0.1) is 37.6 Å². The molecule has 0 fully saturated rings. The van der Waals surface area contributed by atoms with Gasteiger partial charge in [-0.15, -0.1) is 0 Å². The van der Waals surface area contributed by atoms with Crippen LogP contribution in [0.2, 0.25) is 0 Å². The molecule has 0 aliphatic heterocycles. The molecule has 6 nitrogen and oxygen atoms in total. The molecule has 0 amide bonds. The van der Waals surface area contributed by atoms with Gasteiger partial charge in [0.25, 0.3) is 0 Å². The fraction of sp³-hybridized carbons (Fsp3) is 0.724. The number of hydrogen-bond acceptors (Lipinski definition) is 6. The van der Waals surface area contributed by atoms with Gasteiger partial charge in [0.1, 0.15) is 0 Å². The zero-order chi connectivity index (χ0) is 27.0. The molecule has 0 bridgehead atoms. The summed E-state index contributed by atoms with van der Waals surface area (Å²) in [5.74, 6) is 0.859. The van der Waals surface area contributed by atoms with Crippen LogP contribution in [-0.4, -0.2) is 52.6 Å². The Bertz CT molecular complexity index is 675. The van der Waals surface area contributed by atoms with E-state index in [-0.39, 0.29) is 28.4 Å². The average molecular weight is 495 g/mol. The van der Waals surface area contributed by atoms with Crippen LogP contribution >= 0.6 is 0 Å². The molecule has 1 aromatic rings. The molecule has 0 N–H and O–H groups in total. The van der Waals surface area contributed by atoms with E-state index in [0.717, 1.165) is 19.1 Å². The fourth-order valence-electron chi connectivity index (χ4n) is 3.44. The quantitative estimate of drug-likeness (QED) is 0.269. The number of carbonyl (C=O) groups is 2. The molecule has 1 aromatic carbocycles. The Balaban J connectivity index is 0.000000691. The Labute approximate surface area is 214 Å². The first kappa shape index (κ1) is 33.1. The summed E-state index contributed by atoms with van der Waals surface area (Å²) < 4.78 is 21.1. The van der Waals surface area contributed by atoms with Crippen molar-refractivity contribution in [2.75, 3.05) is 40.6 Å². The van der Waals surface area contributed by atoms with Crippen LogP contribution in [0.4, 0.5) is 0 Å². The van der Waals surface area contributed by atoms with E-state index in [0.29, 0.717) is 19.1 Å². The number of benzene rings is 1. The van der Waals surface area contributed by atoms with Crippen molar-refractivity contribution in [3.05, 3.63) is 35.4 Å². The van der Waals surface area contributed by atoms with Gasteiger partial charge < -0.3 is 18.9 Å². The van der Waals surface area contributed by atoms with Crippen molar-refractivity contribution in [1.29, 1.82) is 0 Å². The molecule has 0 aliphatic rings. The predicted octanol–water partition coefficient (Wildman–Crippen LogP) is 6.67. The standard InChI is InChI=1S/C16H22O4.C13H28O2/c1-11(2)9-19-15(17)13-7-5-6-8-14(13)16(18)20-10-12(3)4;1-11(2)7-8-13(9-14-5,10-15-6)12(3)4/h5-8,11-12H,9-10H2,1-4H3;11-12H,7-10H2,1-6H3. The zero-order valence-electron chi connectivity index (χ0n) is 23.8. The van der Waals surface area contributed by atoms with E-state index in [9.17, 15) is 9.59 Å². The lowest BCUT2D eigenvalue weighted by atomic mass is 9.74. The van der Waals surface area contributed by atoms with E-state index in [1.54, 1.807) is 38.5 Å². The first-order valence-electron chi connectivity index (χ1n) is 12.8. The van der Waals surface area contributed by atoms with Crippen molar-refractivity contribution in [2.45, 2.75) is 68.2 Å². The van der Waals surface area contributed by atoms with Crippen molar-refractivity contribution in [1.82, 2.24) is 0 Å². The highest BCUT2D eigenvalue weighted by molar-refractivity contribution is 6.03. The second kappa shape index (κ2) is 17.5. The van der Waals surface area contributed by atoms with Crippen LogP contribution in [0.25, 0.3) is 0 Å². The van der Waals surface area contributed by atoms with Crippen LogP contribution in [-0.2, 0) is 18.9 Å². The molecular formula is C29H50O6. The third-order valence-electron chi connectivity index (χ3n) is 5.77. The monoisotopic (exact) mass is 494 g/mol. The molecule has 6 heteroatoms. The van der Waals surface area contributed by atoms with Crippen molar-refractivity contribution >= 4 is 11.9 Å². The molecule has 0 aliphatic carbocycles. The molecule has 202 valence electrons. The first-order chi connectivity index (χ1) is 16.4. The molecule has 0 unspecified atom stereocenters. The van der Waals surface area contributed by atoms with Gasteiger partial charge in [-0.2, -0.15) is 0 Å². The molecule has 35 heavy (non-hydrogen) atoms. The van der Waals surface area contributed by atoms with E-state index in [1.807, 2.05) is 27.7 Å². The molecule has 0 spiro atoms. The average Bonchev–Trinajstić information content (AvgIpc) is 2.79. The molecule has 0 heterocycles. The molecule has 0 saturated carbocycles. The Morgan fingerprint density at radius 1 is 0.714 bits per heavy atom. The number of rotatable bonds is 14. The van der Waals surface area contributed by atoms with Crippen molar-refractivity contribution < 1.29 is 28.5 Å². The molecule has 0 radical (unpaired) electrons. The second-order valence-corrected chi connectivity index (χ2v) is 10.8. The van der Waals surface area contributed by atoms with Gasteiger partial charge in [0.2, 0.25) is 0 Å². The number of methoxy groups -OCH3 is 2. The summed E-state index contributed by atoms with van der Waals surface area (Å²) in [6, 6.07) is 6.56. The zero-order valence-corrected chi connectivity index (χ0v) is 23.8. The summed E-state index contributed by atoms with van der Waals surface area (Å²) in [6.45, 7) is 19.1. The van der Waals surface area contributed by atoms with Crippen molar-refractivity contribution in [3.63, 3.8) is 0 Å². The normalized spacial score (nSPS) is 11.6. The number of carbonyl (C=O) groups excluding carboxylic acids is 2. The molecule has 0 atom stereocenters. The first-order valence-corrected chi connectivity index (χ1v) is 12.8. The van der Waals surface area contributed by atoms with Crippen LogP contribution in [0.3, 0.4) is 0 Å². The van der Waals surface area contributed by atoms with Crippen LogP contribution in [0.1, 0.15) is 88.9 Å². The highest BCUT2D eigenvalue weighted by atomic mass is 16.5. The SMILES string of the molecule is CC(C)COC(=O)c1ccccc1C(=O)OCC(C)C.COCC(CCC(C)C)(COC)C(C)C. The Morgan fingerprint density at radius 2 is 1.11 bits per heavy atom. The maximum Gasteiger partial charge on any atom is 0.339 e. The van der Waals surface area contributed by atoms with Crippen LogP contribution in [0.5, 0.6) is 0 Å². The predicted molar refractivity (Wildman–Crippen MR) is 142 cm³/mol. The van der Waals surface area contributed by atoms with E-state index < -0.39 is 11.9 Å². The van der Waals surface area contributed by atoms with Crippen LogP contribution in [0.15, 0.2) is 24.3 Å². The summed E-state index contributed by atoms with van der Waals surface area (Å²) in [5.41, 5.74) is 0.692. The number of ether oxygens (including phenoxy) is 4.